The van der Waals surface area contributed by atoms with Gasteiger partial charge >= 0.3 is 0 Å². The summed E-state index contributed by atoms with van der Waals surface area (Å²) < 4.78 is 31.3. The van der Waals surface area contributed by atoms with Crippen LogP contribution in [0.25, 0.3) is 0 Å². The molecule has 0 amide bonds. The molecule has 0 unspecified atom stereocenters. The lowest BCUT2D eigenvalue weighted by atomic mass is 10.2. The normalized spacial score (nSPS) is 12.3. The molecular formula is C15H26N2O3S. The summed E-state index contributed by atoms with van der Waals surface area (Å²) in [5.74, 6) is 0. The lowest BCUT2D eigenvalue weighted by Gasteiger charge is -2.17. The molecule has 0 bridgehead atoms. The van der Waals surface area contributed by atoms with E-state index in [1.807, 2.05) is 6.07 Å². The highest BCUT2D eigenvalue weighted by Gasteiger charge is 2.20. The van der Waals surface area contributed by atoms with E-state index in [1.165, 1.54) is 4.31 Å². The van der Waals surface area contributed by atoms with Crippen LogP contribution in [0.2, 0.25) is 0 Å². The van der Waals surface area contributed by atoms with Crippen LogP contribution in [0.15, 0.2) is 29.2 Å². The third-order valence-corrected chi connectivity index (χ3v) is 5.00. The van der Waals surface area contributed by atoms with Crippen molar-refractivity contribution < 1.29 is 13.2 Å². The molecule has 0 saturated heterocycles. The third-order valence-electron chi connectivity index (χ3n) is 3.14. The topological polar surface area (TPSA) is 58.6 Å². The monoisotopic (exact) mass is 314 g/mol. The Hall–Kier alpha value is -0.950. The number of benzene rings is 1. The summed E-state index contributed by atoms with van der Waals surface area (Å²) in [5.41, 5.74) is 0.968. The van der Waals surface area contributed by atoms with Crippen molar-refractivity contribution in [3.05, 3.63) is 29.8 Å². The van der Waals surface area contributed by atoms with E-state index < -0.39 is 10.0 Å². The summed E-state index contributed by atoms with van der Waals surface area (Å²) in [6.07, 6.45) is 0.681. The maximum atomic E-state index is 12.5. The lowest BCUT2D eigenvalue weighted by molar-refractivity contribution is 0.189. The van der Waals surface area contributed by atoms with E-state index in [-0.39, 0.29) is 0 Å². The number of rotatable bonds is 9. The van der Waals surface area contributed by atoms with Gasteiger partial charge in [0.1, 0.15) is 0 Å². The van der Waals surface area contributed by atoms with Gasteiger partial charge in [-0.25, -0.2) is 12.7 Å². The summed E-state index contributed by atoms with van der Waals surface area (Å²) in [7, 11) is -0.218. The Morgan fingerprint density at radius 3 is 2.67 bits per heavy atom. The molecule has 6 heteroatoms. The highest BCUT2D eigenvalue weighted by Crippen LogP contribution is 2.16. The summed E-state index contributed by atoms with van der Waals surface area (Å²) in [4.78, 5) is 0.338. The fourth-order valence-electron chi connectivity index (χ4n) is 1.87. The Kier molecular flexibility index (Phi) is 7.31. The number of ether oxygens (including phenoxy) is 1. The van der Waals surface area contributed by atoms with Gasteiger partial charge in [0, 0.05) is 39.9 Å². The zero-order valence-corrected chi connectivity index (χ0v) is 14.1. The largest absolute Gasteiger partial charge is 0.385 e. The Balaban J connectivity index is 2.80. The van der Waals surface area contributed by atoms with E-state index in [4.69, 9.17) is 4.74 Å². The van der Waals surface area contributed by atoms with Gasteiger partial charge in [0.2, 0.25) is 10.0 Å². The van der Waals surface area contributed by atoms with E-state index in [1.54, 1.807) is 32.4 Å². The third kappa shape index (κ3) is 5.74. The van der Waals surface area contributed by atoms with Gasteiger partial charge in [0.15, 0.2) is 0 Å². The summed E-state index contributed by atoms with van der Waals surface area (Å²) >= 11 is 0. The van der Waals surface area contributed by atoms with Crippen LogP contribution in [0.5, 0.6) is 0 Å². The fourth-order valence-corrected chi connectivity index (χ4v) is 3.15. The smallest absolute Gasteiger partial charge is 0.242 e. The summed E-state index contributed by atoms with van der Waals surface area (Å²) in [5, 5.41) is 3.29. The molecule has 21 heavy (non-hydrogen) atoms. The first-order valence-corrected chi connectivity index (χ1v) is 8.59. The first-order chi connectivity index (χ1) is 9.87. The fraction of sp³-hybridized carbons (Fsp3) is 0.600. The molecule has 0 aliphatic heterocycles. The van der Waals surface area contributed by atoms with Gasteiger partial charge in [-0.1, -0.05) is 26.0 Å². The second-order valence-corrected chi connectivity index (χ2v) is 7.40. The predicted octanol–water partition coefficient (Wildman–Crippen LogP) is 1.84. The number of methoxy groups -OCH3 is 1. The number of hydrogen-bond acceptors (Lipinski definition) is 4. The maximum absolute atomic E-state index is 12.5. The first-order valence-electron chi connectivity index (χ1n) is 7.15. The van der Waals surface area contributed by atoms with Crippen molar-refractivity contribution >= 4 is 10.0 Å². The Morgan fingerprint density at radius 1 is 1.33 bits per heavy atom. The zero-order chi connectivity index (χ0) is 15.9. The van der Waals surface area contributed by atoms with E-state index in [2.05, 4.69) is 19.2 Å². The van der Waals surface area contributed by atoms with Crippen molar-refractivity contribution in [3.63, 3.8) is 0 Å². The van der Waals surface area contributed by atoms with Crippen LogP contribution < -0.4 is 5.32 Å². The van der Waals surface area contributed by atoms with Crippen LogP contribution in [-0.2, 0) is 21.3 Å². The molecule has 1 aromatic carbocycles. The van der Waals surface area contributed by atoms with Crippen molar-refractivity contribution in [3.8, 4) is 0 Å². The minimum atomic E-state index is -3.43. The summed E-state index contributed by atoms with van der Waals surface area (Å²) in [6.45, 7) is 5.78. The van der Waals surface area contributed by atoms with Crippen LogP contribution in [0.1, 0.15) is 25.8 Å². The van der Waals surface area contributed by atoms with E-state index in [9.17, 15) is 8.42 Å². The van der Waals surface area contributed by atoms with Gasteiger partial charge in [-0.15, -0.1) is 0 Å². The highest BCUT2D eigenvalue weighted by molar-refractivity contribution is 7.89. The van der Waals surface area contributed by atoms with Crippen molar-refractivity contribution in [2.24, 2.45) is 0 Å². The van der Waals surface area contributed by atoms with Gasteiger partial charge in [-0.05, 0) is 24.1 Å². The Labute approximate surface area is 128 Å². The molecule has 5 nitrogen and oxygen atoms in total. The lowest BCUT2D eigenvalue weighted by Crippen LogP contribution is -2.29. The van der Waals surface area contributed by atoms with Crippen LogP contribution in [-0.4, -0.2) is 46.1 Å². The molecule has 1 N–H and O–H groups in total. The number of nitrogens with zero attached hydrogens (tertiary/aromatic N) is 1. The number of nitrogens with one attached hydrogen (secondary N) is 1. The summed E-state index contributed by atoms with van der Waals surface area (Å²) in [6, 6.07) is 7.45. The Bertz CT molecular complexity index is 529. The second kappa shape index (κ2) is 8.48. The van der Waals surface area contributed by atoms with E-state index >= 15 is 0 Å². The molecule has 1 rings (SSSR count). The van der Waals surface area contributed by atoms with E-state index in [0.29, 0.717) is 37.1 Å². The molecule has 0 aromatic heterocycles. The van der Waals surface area contributed by atoms with E-state index in [0.717, 1.165) is 5.56 Å². The first kappa shape index (κ1) is 18.1. The second-order valence-electron chi connectivity index (χ2n) is 5.36. The molecule has 0 radical (unpaired) electrons. The standard InChI is InChI=1S/C15H26N2O3S/c1-13(2)16-12-14-7-5-8-15(11-14)21(18,19)17(3)9-6-10-20-4/h5,7-8,11,13,16H,6,9-10,12H2,1-4H3. The van der Waals surface area contributed by atoms with Gasteiger partial charge < -0.3 is 10.1 Å². The predicted molar refractivity (Wildman–Crippen MR) is 84.7 cm³/mol. The van der Waals surface area contributed by atoms with Gasteiger partial charge in [-0.2, -0.15) is 0 Å². The molecule has 0 saturated carbocycles. The van der Waals surface area contributed by atoms with Crippen LogP contribution in [0, 0.1) is 0 Å². The zero-order valence-electron chi connectivity index (χ0n) is 13.3. The van der Waals surface area contributed by atoms with Crippen molar-refractivity contribution in [2.75, 3.05) is 27.3 Å². The SMILES string of the molecule is COCCCN(C)S(=O)(=O)c1cccc(CNC(C)C)c1. The molecule has 0 spiro atoms. The maximum Gasteiger partial charge on any atom is 0.242 e. The molecular weight excluding hydrogens is 288 g/mol. The van der Waals surface area contributed by atoms with Gasteiger partial charge in [0.05, 0.1) is 4.90 Å². The molecule has 0 atom stereocenters. The quantitative estimate of drug-likeness (QED) is 0.707. The Morgan fingerprint density at radius 2 is 2.05 bits per heavy atom. The highest BCUT2D eigenvalue weighted by atomic mass is 32.2. The minimum Gasteiger partial charge on any atom is -0.385 e. The molecule has 0 heterocycles. The molecule has 0 aliphatic carbocycles. The van der Waals surface area contributed by atoms with Crippen LogP contribution >= 0.6 is 0 Å². The molecule has 0 fully saturated rings. The number of hydrogen-bond donors (Lipinski definition) is 1. The average Bonchev–Trinajstić information content (AvgIpc) is 2.45. The molecule has 1 aromatic rings. The van der Waals surface area contributed by atoms with Crippen LogP contribution in [0.4, 0.5) is 0 Å². The van der Waals surface area contributed by atoms with Gasteiger partial charge in [0.25, 0.3) is 0 Å². The minimum absolute atomic E-state index is 0.338. The van der Waals surface area contributed by atoms with Crippen molar-refractivity contribution in [1.29, 1.82) is 0 Å². The van der Waals surface area contributed by atoms with Crippen molar-refractivity contribution in [1.82, 2.24) is 9.62 Å². The van der Waals surface area contributed by atoms with Gasteiger partial charge in [-0.3, -0.25) is 0 Å². The van der Waals surface area contributed by atoms with Crippen LogP contribution in [0.3, 0.4) is 0 Å². The van der Waals surface area contributed by atoms with Crippen molar-refractivity contribution in [2.45, 2.75) is 37.8 Å². The average molecular weight is 314 g/mol. The molecule has 0 aliphatic rings. The number of sulfonamides is 1. The molecule has 120 valence electrons.